The van der Waals surface area contributed by atoms with Gasteiger partial charge >= 0.3 is 0 Å². The summed E-state index contributed by atoms with van der Waals surface area (Å²) in [6.45, 7) is 9.33. The number of hydrogen-bond donors (Lipinski definition) is 1. The van der Waals surface area contributed by atoms with E-state index in [1.54, 1.807) is 24.3 Å². The number of rotatable bonds is 4. The van der Waals surface area contributed by atoms with Gasteiger partial charge < -0.3 is 19.6 Å². The zero-order valence-electron chi connectivity index (χ0n) is 15.7. The van der Waals surface area contributed by atoms with Gasteiger partial charge in [0, 0.05) is 31.9 Å². The molecule has 0 aliphatic carbocycles. The van der Waals surface area contributed by atoms with Gasteiger partial charge in [0.05, 0.1) is 0 Å². The number of carbonyl (C=O) groups excluding carboxylic acids is 1. The quantitative estimate of drug-likeness (QED) is 0.917. The summed E-state index contributed by atoms with van der Waals surface area (Å²) in [5.41, 5.74) is 5.13. The molecule has 2 aromatic carbocycles. The number of nitrogens with zero attached hydrogens (tertiary/aromatic N) is 2. The largest absolute Gasteiger partial charge is 0.504 e. The molecule has 5 heteroatoms. The number of anilines is 1. The van der Waals surface area contributed by atoms with E-state index in [4.69, 9.17) is 4.74 Å². The standard InChI is InChI=1S/C21H26N2O3/c1-15-12-16(2)21(17(3)13-15)23-10-8-22(9-11-23)20(25)14-26-19-7-5-4-6-18(19)24/h4-7,12-13,24H,8-11,14H2,1-3H3. The highest BCUT2D eigenvalue weighted by atomic mass is 16.5. The lowest BCUT2D eigenvalue weighted by Crippen LogP contribution is -2.50. The Kier molecular flexibility index (Phi) is 5.35. The van der Waals surface area contributed by atoms with E-state index < -0.39 is 0 Å². The average Bonchev–Trinajstić information content (AvgIpc) is 2.60. The number of phenols is 1. The molecule has 1 fully saturated rings. The van der Waals surface area contributed by atoms with E-state index in [1.807, 2.05) is 4.90 Å². The summed E-state index contributed by atoms with van der Waals surface area (Å²) < 4.78 is 5.46. The highest BCUT2D eigenvalue weighted by Gasteiger charge is 2.23. The number of piperazine rings is 1. The molecule has 26 heavy (non-hydrogen) atoms. The molecule has 0 saturated carbocycles. The Hall–Kier alpha value is -2.69. The van der Waals surface area contributed by atoms with E-state index in [-0.39, 0.29) is 18.3 Å². The number of amides is 1. The summed E-state index contributed by atoms with van der Waals surface area (Å²) in [5.74, 6) is 0.339. The zero-order chi connectivity index (χ0) is 18.7. The first-order valence-electron chi connectivity index (χ1n) is 8.97. The van der Waals surface area contributed by atoms with Crippen LogP contribution in [0.3, 0.4) is 0 Å². The SMILES string of the molecule is Cc1cc(C)c(N2CCN(C(=O)COc3ccccc3O)CC2)c(C)c1. The van der Waals surface area contributed by atoms with Crippen molar-refractivity contribution < 1.29 is 14.6 Å². The molecular weight excluding hydrogens is 328 g/mol. The highest BCUT2D eigenvalue weighted by molar-refractivity contribution is 5.78. The predicted octanol–water partition coefficient (Wildman–Crippen LogP) is 3.05. The lowest BCUT2D eigenvalue weighted by molar-refractivity contribution is -0.133. The van der Waals surface area contributed by atoms with Crippen molar-refractivity contribution in [2.45, 2.75) is 20.8 Å². The number of phenolic OH excluding ortho intramolecular Hbond substituents is 1. The third-order valence-corrected chi connectivity index (χ3v) is 4.80. The second-order valence-corrected chi connectivity index (χ2v) is 6.87. The van der Waals surface area contributed by atoms with Crippen molar-refractivity contribution in [3.63, 3.8) is 0 Å². The smallest absolute Gasteiger partial charge is 0.260 e. The summed E-state index contributed by atoms with van der Waals surface area (Å²) in [7, 11) is 0. The lowest BCUT2D eigenvalue weighted by atomic mass is 10.0. The van der Waals surface area contributed by atoms with Gasteiger partial charge in [0.2, 0.25) is 0 Å². The van der Waals surface area contributed by atoms with E-state index in [0.29, 0.717) is 18.8 Å². The van der Waals surface area contributed by atoms with Crippen LogP contribution in [-0.4, -0.2) is 48.7 Å². The number of carbonyl (C=O) groups is 1. The molecule has 0 atom stereocenters. The third-order valence-electron chi connectivity index (χ3n) is 4.80. The minimum atomic E-state index is -0.0554. The monoisotopic (exact) mass is 354 g/mol. The van der Waals surface area contributed by atoms with Crippen molar-refractivity contribution >= 4 is 11.6 Å². The van der Waals surface area contributed by atoms with E-state index in [1.165, 1.54) is 22.4 Å². The van der Waals surface area contributed by atoms with Gasteiger partial charge in [-0.3, -0.25) is 4.79 Å². The fourth-order valence-electron chi connectivity index (χ4n) is 3.66. The first-order valence-corrected chi connectivity index (χ1v) is 8.97. The summed E-state index contributed by atoms with van der Waals surface area (Å²) in [5, 5.41) is 9.71. The van der Waals surface area contributed by atoms with Gasteiger partial charge in [-0.1, -0.05) is 29.8 Å². The molecule has 138 valence electrons. The molecule has 3 rings (SSSR count). The van der Waals surface area contributed by atoms with Crippen LogP contribution in [0.2, 0.25) is 0 Å². The average molecular weight is 354 g/mol. The number of aromatic hydroxyl groups is 1. The fourth-order valence-corrected chi connectivity index (χ4v) is 3.66. The number of hydrogen-bond acceptors (Lipinski definition) is 4. The number of para-hydroxylation sites is 2. The van der Waals surface area contributed by atoms with Gasteiger partial charge in [0.1, 0.15) is 0 Å². The molecule has 0 unspecified atom stereocenters. The Morgan fingerprint density at radius 3 is 2.27 bits per heavy atom. The van der Waals surface area contributed by atoms with Crippen molar-refractivity contribution in [3.05, 3.63) is 53.1 Å². The molecule has 1 aliphatic rings. The minimum Gasteiger partial charge on any atom is -0.504 e. The zero-order valence-corrected chi connectivity index (χ0v) is 15.7. The van der Waals surface area contributed by atoms with Gasteiger partial charge in [-0.05, 0) is 44.0 Å². The van der Waals surface area contributed by atoms with Crippen molar-refractivity contribution in [2.75, 3.05) is 37.7 Å². The number of ether oxygens (including phenoxy) is 1. The minimum absolute atomic E-state index is 0.0507. The second kappa shape index (κ2) is 7.68. The van der Waals surface area contributed by atoms with Gasteiger partial charge in [-0.15, -0.1) is 0 Å². The van der Waals surface area contributed by atoms with E-state index in [9.17, 15) is 9.90 Å². The predicted molar refractivity (Wildman–Crippen MR) is 103 cm³/mol. The third kappa shape index (κ3) is 3.93. The van der Waals surface area contributed by atoms with Crippen molar-refractivity contribution in [1.29, 1.82) is 0 Å². The Labute approximate surface area is 154 Å². The molecule has 1 amide bonds. The van der Waals surface area contributed by atoms with Crippen LogP contribution in [0.25, 0.3) is 0 Å². The Morgan fingerprint density at radius 2 is 1.65 bits per heavy atom. The fraction of sp³-hybridized carbons (Fsp3) is 0.381. The van der Waals surface area contributed by atoms with Crippen LogP contribution in [0.5, 0.6) is 11.5 Å². The number of aryl methyl sites for hydroxylation is 3. The lowest BCUT2D eigenvalue weighted by Gasteiger charge is -2.37. The molecule has 1 heterocycles. The molecule has 1 N–H and O–H groups in total. The molecule has 1 saturated heterocycles. The first kappa shape index (κ1) is 18.1. The Bertz CT molecular complexity index is 773. The maximum Gasteiger partial charge on any atom is 0.260 e. The van der Waals surface area contributed by atoms with Crippen LogP contribution in [0.1, 0.15) is 16.7 Å². The van der Waals surface area contributed by atoms with Gasteiger partial charge in [0.15, 0.2) is 18.1 Å². The first-order chi connectivity index (χ1) is 12.5. The second-order valence-electron chi connectivity index (χ2n) is 6.87. The van der Waals surface area contributed by atoms with Gasteiger partial charge in [-0.25, -0.2) is 0 Å². The molecular formula is C21H26N2O3. The van der Waals surface area contributed by atoms with Crippen LogP contribution >= 0.6 is 0 Å². The Morgan fingerprint density at radius 1 is 1.04 bits per heavy atom. The van der Waals surface area contributed by atoms with Crippen LogP contribution in [0.15, 0.2) is 36.4 Å². The molecule has 2 aromatic rings. The maximum atomic E-state index is 12.4. The summed E-state index contributed by atoms with van der Waals surface area (Å²) >= 11 is 0. The summed E-state index contributed by atoms with van der Waals surface area (Å²) in [6.07, 6.45) is 0. The number of benzene rings is 2. The van der Waals surface area contributed by atoms with Crippen LogP contribution in [-0.2, 0) is 4.79 Å². The Balaban J connectivity index is 1.57. The van der Waals surface area contributed by atoms with E-state index >= 15 is 0 Å². The molecule has 0 spiro atoms. The molecule has 0 aromatic heterocycles. The van der Waals surface area contributed by atoms with Crippen molar-refractivity contribution in [1.82, 2.24) is 4.90 Å². The maximum absolute atomic E-state index is 12.4. The molecule has 0 bridgehead atoms. The van der Waals surface area contributed by atoms with Crippen LogP contribution < -0.4 is 9.64 Å². The van der Waals surface area contributed by atoms with Crippen LogP contribution in [0, 0.1) is 20.8 Å². The normalized spacial score (nSPS) is 14.4. The summed E-state index contributed by atoms with van der Waals surface area (Å²) in [6, 6.07) is 11.1. The van der Waals surface area contributed by atoms with Gasteiger partial charge in [0.25, 0.3) is 5.91 Å². The van der Waals surface area contributed by atoms with Crippen molar-refractivity contribution in [3.8, 4) is 11.5 Å². The van der Waals surface area contributed by atoms with Crippen molar-refractivity contribution in [2.24, 2.45) is 0 Å². The van der Waals surface area contributed by atoms with Gasteiger partial charge in [-0.2, -0.15) is 0 Å². The molecule has 5 nitrogen and oxygen atoms in total. The highest BCUT2D eigenvalue weighted by Crippen LogP contribution is 2.27. The summed E-state index contributed by atoms with van der Waals surface area (Å²) in [4.78, 5) is 16.6. The topological polar surface area (TPSA) is 53.0 Å². The molecule has 0 radical (unpaired) electrons. The van der Waals surface area contributed by atoms with E-state index in [0.717, 1.165) is 13.1 Å². The van der Waals surface area contributed by atoms with Crippen LogP contribution in [0.4, 0.5) is 5.69 Å². The molecule has 1 aliphatic heterocycles. The van der Waals surface area contributed by atoms with E-state index in [2.05, 4.69) is 37.8 Å².